The molecule has 0 spiro atoms. The Bertz CT molecular complexity index is 821. The Morgan fingerprint density at radius 1 is 1.12 bits per heavy atom. The minimum absolute atomic E-state index is 0.0158. The average molecular weight is 395 g/mol. The number of piperazine rings is 1. The molecule has 1 amide bonds. The molecule has 0 N–H and O–H groups in total. The van der Waals surface area contributed by atoms with Crippen LogP contribution in [0.15, 0.2) is 47.4 Å². The molecule has 1 saturated heterocycles. The maximum Gasteiger partial charge on any atom is 0.253 e. The second-order valence-corrected chi connectivity index (χ2v) is 8.07. The molecule has 2 aromatic rings. The first kappa shape index (κ1) is 19.0. The molecular weight excluding hydrogens is 375 g/mol. The zero-order chi connectivity index (χ0) is 18.7. The summed E-state index contributed by atoms with van der Waals surface area (Å²) in [6.07, 6.45) is 1.61. The Hall–Kier alpha value is -1.76. The number of amides is 1. The molecular formula is C19H20ClFN2O2S. The van der Waals surface area contributed by atoms with Crippen LogP contribution in [-0.2, 0) is 17.3 Å². The molecule has 1 atom stereocenters. The van der Waals surface area contributed by atoms with Crippen molar-refractivity contribution < 1.29 is 13.4 Å². The van der Waals surface area contributed by atoms with E-state index in [1.54, 1.807) is 36.6 Å². The van der Waals surface area contributed by atoms with Gasteiger partial charge in [0.1, 0.15) is 5.82 Å². The summed E-state index contributed by atoms with van der Waals surface area (Å²) in [4.78, 5) is 17.3. The van der Waals surface area contributed by atoms with Gasteiger partial charge in [-0.25, -0.2) is 4.39 Å². The number of carbonyl (C=O) groups excluding carboxylic acids is 1. The largest absolute Gasteiger partial charge is 0.336 e. The molecule has 3 rings (SSSR count). The zero-order valence-corrected chi connectivity index (χ0v) is 16.0. The lowest BCUT2D eigenvalue weighted by atomic mass is 10.1. The van der Waals surface area contributed by atoms with Gasteiger partial charge in [-0.2, -0.15) is 0 Å². The number of hydrogen-bond acceptors (Lipinski definition) is 3. The highest BCUT2D eigenvalue weighted by atomic mass is 35.5. The molecule has 26 heavy (non-hydrogen) atoms. The van der Waals surface area contributed by atoms with Gasteiger partial charge in [0.15, 0.2) is 0 Å². The Balaban J connectivity index is 1.57. The van der Waals surface area contributed by atoms with Gasteiger partial charge in [0, 0.05) is 65.3 Å². The Morgan fingerprint density at radius 3 is 2.35 bits per heavy atom. The molecule has 0 aromatic heterocycles. The minimum Gasteiger partial charge on any atom is -0.336 e. The summed E-state index contributed by atoms with van der Waals surface area (Å²) in [6, 6.07) is 11.4. The van der Waals surface area contributed by atoms with E-state index in [1.165, 1.54) is 12.1 Å². The average Bonchev–Trinajstić information content (AvgIpc) is 2.64. The lowest BCUT2D eigenvalue weighted by molar-refractivity contribution is 0.0628. The van der Waals surface area contributed by atoms with Gasteiger partial charge < -0.3 is 4.90 Å². The van der Waals surface area contributed by atoms with Crippen molar-refractivity contribution in [2.45, 2.75) is 11.4 Å². The molecule has 1 aliphatic rings. The highest BCUT2D eigenvalue weighted by Crippen LogP contribution is 2.20. The topological polar surface area (TPSA) is 40.6 Å². The molecule has 138 valence electrons. The molecule has 0 aliphatic carbocycles. The van der Waals surface area contributed by atoms with E-state index in [9.17, 15) is 13.4 Å². The van der Waals surface area contributed by atoms with Crippen LogP contribution in [0.5, 0.6) is 0 Å². The van der Waals surface area contributed by atoms with Crippen molar-refractivity contribution in [3.8, 4) is 0 Å². The number of benzene rings is 2. The molecule has 1 unspecified atom stereocenters. The van der Waals surface area contributed by atoms with E-state index in [2.05, 4.69) is 4.90 Å². The Kier molecular flexibility index (Phi) is 6.06. The van der Waals surface area contributed by atoms with Crippen LogP contribution in [0.1, 0.15) is 15.9 Å². The monoisotopic (exact) mass is 394 g/mol. The van der Waals surface area contributed by atoms with Crippen molar-refractivity contribution in [1.82, 2.24) is 9.80 Å². The van der Waals surface area contributed by atoms with Crippen LogP contribution in [0.3, 0.4) is 0 Å². The van der Waals surface area contributed by atoms with Gasteiger partial charge >= 0.3 is 0 Å². The van der Waals surface area contributed by atoms with Gasteiger partial charge in [-0.1, -0.05) is 17.7 Å². The summed E-state index contributed by atoms with van der Waals surface area (Å²) in [6.45, 7) is 3.35. The molecule has 7 heteroatoms. The molecule has 0 saturated carbocycles. The van der Waals surface area contributed by atoms with Gasteiger partial charge in [-0.3, -0.25) is 13.9 Å². The summed E-state index contributed by atoms with van der Waals surface area (Å²) < 4.78 is 24.6. The van der Waals surface area contributed by atoms with E-state index in [4.69, 9.17) is 11.6 Å². The quantitative estimate of drug-likeness (QED) is 0.799. The van der Waals surface area contributed by atoms with E-state index in [1.807, 2.05) is 4.90 Å². The third-order valence-corrected chi connectivity index (χ3v) is 5.79. The first-order valence-electron chi connectivity index (χ1n) is 8.33. The standard InChI is InChI=1S/C19H20ClFN2O2S/c1-26(25)17-6-3-14(4-7-17)19(24)23-10-8-22(9-11-23)13-15-2-5-16(21)12-18(15)20/h2-7,12H,8-11,13H2,1H3. The van der Waals surface area contributed by atoms with Crippen LogP contribution in [0.25, 0.3) is 0 Å². The zero-order valence-electron chi connectivity index (χ0n) is 14.5. The SMILES string of the molecule is CS(=O)c1ccc(C(=O)N2CCN(Cc3ccc(F)cc3Cl)CC2)cc1. The van der Waals surface area contributed by atoms with Crippen LogP contribution in [-0.4, -0.2) is 52.4 Å². The fourth-order valence-electron chi connectivity index (χ4n) is 2.97. The summed E-state index contributed by atoms with van der Waals surface area (Å²) >= 11 is 6.09. The second-order valence-electron chi connectivity index (χ2n) is 6.28. The third-order valence-electron chi connectivity index (χ3n) is 4.50. The van der Waals surface area contributed by atoms with Gasteiger partial charge in [0.05, 0.1) is 0 Å². The first-order valence-corrected chi connectivity index (χ1v) is 10.3. The van der Waals surface area contributed by atoms with Gasteiger partial charge in [0.25, 0.3) is 5.91 Å². The summed E-state index contributed by atoms with van der Waals surface area (Å²) in [5.41, 5.74) is 1.49. The van der Waals surface area contributed by atoms with Crippen LogP contribution in [0, 0.1) is 5.82 Å². The Morgan fingerprint density at radius 2 is 1.77 bits per heavy atom. The van der Waals surface area contributed by atoms with Gasteiger partial charge in [-0.15, -0.1) is 0 Å². The van der Waals surface area contributed by atoms with Crippen molar-refractivity contribution in [2.24, 2.45) is 0 Å². The van der Waals surface area contributed by atoms with E-state index < -0.39 is 10.8 Å². The third kappa shape index (κ3) is 4.50. The van der Waals surface area contributed by atoms with Crippen molar-refractivity contribution in [2.75, 3.05) is 32.4 Å². The van der Waals surface area contributed by atoms with E-state index in [-0.39, 0.29) is 11.7 Å². The van der Waals surface area contributed by atoms with E-state index >= 15 is 0 Å². The summed E-state index contributed by atoms with van der Waals surface area (Å²) in [5.74, 6) is -0.356. The highest BCUT2D eigenvalue weighted by molar-refractivity contribution is 7.84. The normalized spacial score (nSPS) is 16.5. The number of halogens is 2. The van der Waals surface area contributed by atoms with Gasteiger partial charge in [-0.05, 0) is 42.0 Å². The van der Waals surface area contributed by atoms with Crippen molar-refractivity contribution in [3.05, 3.63) is 64.4 Å². The smallest absolute Gasteiger partial charge is 0.253 e. The molecule has 1 fully saturated rings. The van der Waals surface area contributed by atoms with Gasteiger partial charge in [0.2, 0.25) is 0 Å². The molecule has 1 aliphatic heterocycles. The van der Waals surface area contributed by atoms with Crippen LogP contribution < -0.4 is 0 Å². The minimum atomic E-state index is -1.05. The van der Waals surface area contributed by atoms with Crippen molar-refractivity contribution in [3.63, 3.8) is 0 Å². The lowest BCUT2D eigenvalue weighted by Gasteiger charge is -2.35. The molecule has 0 bridgehead atoms. The number of hydrogen-bond donors (Lipinski definition) is 0. The lowest BCUT2D eigenvalue weighted by Crippen LogP contribution is -2.48. The predicted molar refractivity (Wildman–Crippen MR) is 101 cm³/mol. The maximum atomic E-state index is 13.1. The number of carbonyl (C=O) groups is 1. The maximum absolute atomic E-state index is 13.1. The van der Waals surface area contributed by atoms with Crippen LogP contribution >= 0.6 is 11.6 Å². The highest BCUT2D eigenvalue weighted by Gasteiger charge is 2.22. The molecule has 1 heterocycles. The van der Waals surface area contributed by atoms with E-state index in [0.29, 0.717) is 35.1 Å². The number of rotatable bonds is 4. The Labute approximate surface area is 160 Å². The fraction of sp³-hybridized carbons (Fsp3) is 0.316. The van der Waals surface area contributed by atoms with Crippen LogP contribution in [0.2, 0.25) is 5.02 Å². The second kappa shape index (κ2) is 8.29. The predicted octanol–water partition coefficient (Wildman–Crippen LogP) is 3.17. The first-order chi connectivity index (χ1) is 12.4. The molecule has 4 nitrogen and oxygen atoms in total. The number of nitrogens with zero attached hydrogens (tertiary/aromatic N) is 2. The van der Waals surface area contributed by atoms with Crippen molar-refractivity contribution >= 4 is 28.3 Å². The summed E-state index contributed by atoms with van der Waals surface area (Å²) in [7, 11) is -1.05. The van der Waals surface area contributed by atoms with Crippen molar-refractivity contribution in [1.29, 1.82) is 0 Å². The fourth-order valence-corrected chi connectivity index (χ4v) is 3.72. The van der Waals surface area contributed by atoms with E-state index in [0.717, 1.165) is 18.7 Å². The molecule has 2 aromatic carbocycles. The van der Waals surface area contributed by atoms with Crippen LogP contribution in [0.4, 0.5) is 4.39 Å². The molecule has 0 radical (unpaired) electrons. The summed E-state index contributed by atoms with van der Waals surface area (Å²) in [5, 5.41) is 0.428.